The minimum Gasteiger partial charge on any atom is -0.469 e. The first-order valence-corrected chi connectivity index (χ1v) is 9.45. The van der Waals surface area contributed by atoms with E-state index in [-0.39, 0.29) is 12.4 Å². The highest BCUT2D eigenvalue weighted by Crippen LogP contribution is 2.32. The Bertz CT molecular complexity index is 887. The third-order valence-corrected chi connectivity index (χ3v) is 5.12. The standard InChI is InChI=1S/C21H22N2O2S/c1-14-8-9-16(15(2)10-14)13-26-20-11-17(12-21(24)25-3)22-18-6-4-5-7-19(18)23-20/h4-11,22H,12-13H2,1-3H3. The number of nitrogens with zero attached hydrogens (tertiary/aromatic N) is 1. The minimum absolute atomic E-state index is 0.188. The maximum absolute atomic E-state index is 11.7. The number of aryl methyl sites for hydroxylation is 2. The molecule has 3 rings (SSSR count). The smallest absolute Gasteiger partial charge is 0.311 e. The molecule has 4 nitrogen and oxygen atoms in total. The van der Waals surface area contributed by atoms with Gasteiger partial charge >= 0.3 is 5.97 Å². The van der Waals surface area contributed by atoms with Gasteiger partial charge in [-0.2, -0.15) is 0 Å². The van der Waals surface area contributed by atoms with E-state index in [9.17, 15) is 4.79 Å². The number of carbonyl (C=O) groups excluding carboxylic acids is 1. The number of hydrogen-bond acceptors (Lipinski definition) is 5. The lowest BCUT2D eigenvalue weighted by molar-refractivity contribution is -0.139. The average molecular weight is 366 g/mol. The van der Waals surface area contributed by atoms with Crippen LogP contribution in [0.25, 0.3) is 0 Å². The van der Waals surface area contributed by atoms with Crippen LogP contribution in [-0.2, 0) is 15.3 Å². The fraction of sp³-hybridized carbons (Fsp3) is 0.238. The average Bonchev–Trinajstić information content (AvgIpc) is 2.79. The molecule has 5 heteroatoms. The second-order valence-corrected chi connectivity index (χ2v) is 7.23. The van der Waals surface area contributed by atoms with Crippen molar-refractivity contribution in [2.45, 2.75) is 26.0 Å². The summed E-state index contributed by atoms with van der Waals surface area (Å²) >= 11 is 1.67. The molecule has 0 bridgehead atoms. The lowest BCUT2D eigenvalue weighted by Gasteiger charge is -2.09. The molecule has 1 aliphatic rings. The summed E-state index contributed by atoms with van der Waals surface area (Å²) in [5.41, 5.74) is 6.38. The Labute approximate surface area is 158 Å². The molecule has 1 N–H and O–H groups in total. The van der Waals surface area contributed by atoms with Crippen molar-refractivity contribution in [2.75, 3.05) is 12.4 Å². The number of para-hydroxylation sites is 2. The van der Waals surface area contributed by atoms with Crippen LogP contribution in [0, 0.1) is 13.8 Å². The molecule has 1 heterocycles. The predicted octanol–water partition coefficient (Wildman–Crippen LogP) is 5.14. The fourth-order valence-electron chi connectivity index (χ4n) is 2.74. The molecule has 0 amide bonds. The summed E-state index contributed by atoms with van der Waals surface area (Å²) in [7, 11) is 1.40. The Kier molecular flexibility index (Phi) is 5.78. The van der Waals surface area contributed by atoms with Crippen LogP contribution < -0.4 is 5.32 Å². The van der Waals surface area contributed by atoms with Gasteiger partial charge in [-0.15, -0.1) is 11.8 Å². The Hall–Kier alpha value is -2.53. The fourth-order valence-corrected chi connectivity index (χ4v) is 3.76. The number of thioether (sulfide) groups is 1. The Morgan fingerprint density at radius 2 is 2.00 bits per heavy atom. The van der Waals surface area contributed by atoms with Gasteiger partial charge in [-0.25, -0.2) is 4.99 Å². The van der Waals surface area contributed by atoms with E-state index in [0.717, 1.165) is 27.9 Å². The zero-order valence-corrected chi connectivity index (χ0v) is 16.0. The van der Waals surface area contributed by atoms with Crippen LogP contribution in [0.5, 0.6) is 0 Å². The normalized spacial score (nSPS) is 13.0. The number of fused-ring (bicyclic) bond motifs is 1. The van der Waals surface area contributed by atoms with Crippen LogP contribution in [0.2, 0.25) is 0 Å². The number of esters is 1. The summed E-state index contributed by atoms with van der Waals surface area (Å²) in [5, 5.41) is 4.18. The van der Waals surface area contributed by atoms with Crippen molar-refractivity contribution in [2.24, 2.45) is 4.99 Å². The molecule has 2 aromatic rings. The maximum Gasteiger partial charge on any atom is 0.311 e. The molecular weight excluding hydrogens is 344 g/mol. The Morgan fingerprint density at radius 1 is 1.19 bits per heavy atom. The van der Waals surface area contributed by atoms with Crippen LogP contribution in [0.3, 0.4) is 0 Å². The lowest BCUT2D eigenvalue weighted by atomic mass is 10.1. The molecule has 0 aromatic heterocycles. The van der Waals surface area contributed by atoms with Gasteiger partial charge in [0.2, 0.25) is 0 Å². The molecule has 0 atom stereocenters. The Morgan fingerprint density at radius 3 is 2.77 bits per heavy atom. The van der Waals surface area contributed by atoms with E-state index in [0.29, 0.717) is 0 Å². The molecule has 0 saturated carbocycles. The van der Waals surface area contributed by atoms with Gasteiger partial charge in [-0.1, -0.05) is 35.9 Å². The van der Waals surface area contributed by atoms with Crippen molar-refractivity contribution in [1.29, 1.82) is 0 Å². The third-order valence-electron chi connectivity index (χ3n) is 4.16. The second kappa shape index (κ2) is 8.23. The van der Waals surface area contributed by atoms with Crippen molar-refractivity contribution in [3.63, 3.8) is 0 Å². The number of aliphatic imine (C=N–C) groups is 1. The second-order valence-electron chi connectivity index (χ2n) is 6.23. The molecule has 0 saturated heterocycles. The van der Waals surface area contributed by atoms with E-state index < -0.39 is 0 Å². The number of benzene rings is 2. The molecule has 0 fully saturated rings. The summed E-state index contributed by atoms with van der Waals surface area (Å²) in [5.74, 6) is 0.552. The first-order chi connectivity index (χ1) is 12.5. The minimum atomic E-state index is -0.276. The van der Waals surface area contributed by atoms with Crippen molar-refractivity contribution in [3.8, 4) is 0 Å². The number of methoxy groups -OCH3 is 1. The molecule has 2 aromatic carbocycles. The first-order valence-electron chi connectivity index (χ1n) is 8.46. The van der Waals surface area contributed by atoms with Gasteiger partial charge < -0.3 is 10.1 Å². The highest BCUT2D eigenvalue weighted by atomic mass is 32.2. The van der Waals surface area contributed by atoms with Crippen LogP contribution in [0.4, 0.5) is 11.4 Å². The number of nitrogens with one attached hydrogen (secondary N) is 1. The van der Waals surface area contributed by atoms with Gasteiger partial charge in [-0.3, -0.25) is 4.79 Å². The number of carbonyl (C=O) groups is 1. The van der Waals surface area contributed by atoms with Crippen molar-refractivity contribution >= 4 is 34.1 Å². The van der Waals surface area contributed by atoms with Crippen LogP contribution in [0.15, 0.2) is 59.2 Å². The van der Waals surface area contributed by atoms with Gasteiger partial charge in [0.1, 0.15) is 0 Å². The van der Waals surface area contributed by atoms with E-state index in [4.69, 9.17) is 9.73 Å². The highest BCUT2D eigenvalue weighted by molar-refractivity contribution is 8.13. The molecular formula is C21H22N2O2S. The van der Waals surface area contributed by atoms with Gasteiger partial charge in [-0.05, 0) is 43.2 Å². The molecule has 0 aliphatic carbocycles. The summed E-state index contributed by atoms with van der Waals surface area (Å²) in [6.45, 7) is 4.23. The number of hydrogen-bond donors (Lipinski definition) is 1. The van der Waals surface area contributed by atoms with E-state index in [1.54, 1.807) is 11.8 Å². The molecule has 134 valence electrons. The van der Waals surface area contributed by atoms with Crippen LogP contribution in [-0.4, -0.2) is 18.1 Å². The van der Waals surface area contributed by atoms with Crippen LogP contribution in [0.1, 0.15) is 23.1 Å². The third kappa shape index (κ3) is 4.55. The zero-order chi connectivity index (χ0) is 18.5. The summed E-state index contributed by atoms with van der Waals surface area (Å²) < 4.78 is 4.81. The summed E-state index contributed by atoms with van der Waals surface area (Å²) in [6.07, 6.45) is 2.12. The highest BCUT2D eigenvalue weighted by Gasteiger charge is 2.14. The SMILES string of the molecule is COC(=O)CC1=CC(SCc2ccc(C)cc2C)=Nc2ccccc2N1. The zero-order valence-electron chi connectivity index (χ0n) is 15.2. The monoisotopic (exact) mass is 366 g/mol. The molecule has 26 heavy (non-hydrogen) atoms. The van der Waals surface area contributed by atoms with Gasteiger partial charge in [0.05, 0.1) is 29.9 Å². The van der Waals surface area contributed by atoms with E-state index in [1.807, 2.05) is 30.3 Å². The largest absolute Gasteiger partial charge is 0.469 e. The van der Waals surface area contributed by atoms with E-state index in [2.05, 4.69) is 37.4 Å². The van der Waals surface area contributed by atoms with Gasteiger partial charge in [0.25, 0.3) is 0 Å². The van der Waals surface area contributed by atoms with E-state index in [1.165, 1.54) is 23.8 Å². The predicted molar refractivity (Wildman–Crippen MR) is 109 cm³/mol. The van der Waals surface area contributed by atoms with Crippen molar-refractivity contribution in [1.82, 2.24) is 0 Å². The van der Waals surface area contributed by atoms with Gasteiger partial charge in [0.15, 0.2) is 0 Å². The van der Waals surface area contributed by atoms with E-state index >= 15 is 0 Å². The van der Waals surface area contributed by atoms with Crippen molar-refractivity contribution in [3.05, 3.63) is 70.9 Å². The summed E-state index contributed by atoms with van der Waals surface area (Å²) in [4.78, 5) is 16.5. The van der Waals surface area contributed by atoms with Gasteiger partial charge in [0, 0.05) is 11.4 Å². The number of rotatable bonds is 4. The summed E-state index contributed by atoms with van der Waals surface area (Å²) in [6, 6.07) is 14.3. The quantitative estimate of drug-likeness (QED) is 0.761. The Balaban J connectivity index is 1.85. The van der Waals surface area contributed by atoms with Crippen LogP contribution >= 0.6 is 11.8 Å². The maximum atomic E-state index is 11.7. The number of ether oxygens (including phenoxy) is 1. The lowest BCUT2D eigenvalue weighted by Crippen LogP contribution is -2.08. The topological polar surface area (TPSA) is 50.7 Å². The number of anilines is 1. The molecule has 0 radical (unpaired) electrons. The molecule has 0 unspecified atom stereocenters. The molecule has 1 aliphatic heterocycles. The van der Waals surface area contributed by atoms with Crippen molar-refractivity contribution < 1.29 is 9.53 Å². The first kappa shape index (κ1) is 18.3. The molecule has 0 spiro atoms.